The van der Waals surface area contributed by atoms with Crippen LogP contribution in [0.4, 0.5) is 0 Å². The molecule has 154 valence electrons. The fraction of sp³-hybridized carbons (Fsp3) is 0.174. The number of carbonyl (C=O) groups excluding carboxylic acids is 1. The number of pyridine rings is 1. The molecule has 0 radical (unpaired) electrons. The van der Waals surface area contributed by atoms with Crippen LogP contribution in [0, 0.1) is 0 Å². The summed E-state index contributed by atoms with van der Waals surface area (Å²) in [6, 6.07) is 8.60. The van der Waals surface area contributed by atoms with Gasteiger partial charge in [-0.25, -0.2) is 4.98 Å². The minimum atomic E-state index is -0.166. The molecule has 1 aliphatic heterocycles. The first kappa shape index (κ1) is 18.2. The van der Waals surface area contributed by atoms with Gasteiger partial charge in [-0.3, -0.25) is 9.59 Å². The third-order valence-corrected chi connectivity index (χ3v) is 6.07. The molecule has 0 fully saturated rings. The molecule has 8 heteroatoms. The summed E-state index contributed by atoms with van der Waals surface area (Å²) in [5.41, 5.74) is 2.20. The topological polar surface area (TPSA) is 75.4 Å². The Morgan fingerprint density at radius 1 is 1.00 bits per heavy atom. The van der Waals surface area contributed by atoms with Gasteiger partial charge in [-0.05, 0) is 30.7 Å². The van der Waals surface area contributed by atoms with Crippen LogP contribution in [0.1, 0.15) is 22.3 Å². The quantitative estimate of drug-likeness (QED) is 0.430. The Bertz CT molecular complexity index is 1440. The number of aromatic nitrogens is 3. The van der Waals surface area contributed by atoms with Crippen molar-refractivity contribution in [1.82, 2.24) is 14.1 Å². The Morgan fingerprint density at radius 3 is 2.58 bits per heavy atom. The molecule has 3 heterocycles. The molecule has 7 nitrogen and oxygen atoms in total. The smallest absolute Gasteiger partial charge is 0.258 e. The molecule has 2 aromatic heterocycles. The number of carbonyl (C=O) groups is 1. The summed E-state index contributed by atoms with van der Waals surface area (Å²) in [5.74, 6) is 0.994. The van der Waals surface area contributed by atoms with Crippen molar-refractivity contribution in [3.8, 4) is 22.8 Å². The van der Waals surface area contributed by atoms with Crippen LogP contribution in [-0.4, -0.2) is 26.7 Å². The maximum absolute atomic E-state index is 13.5. The predicted molar refractivity (Wildman–Crippen MR) is 115 cm³/mol. The van der Waals surface area contributed by atoms with Crippen LogP contribution in [-0.2, 0) is 13.1 Å². The lowest BCUT2D eigenvalue weighted by atomic mass is 10.0. The summed E-state index contributed by atoms with van der Waals surface area (Å²) in [6.07, 6.45) is 6.04. The van der Waals surface area contributed by atoms with Gasteiger partial charge < -0.3 is 18.6 Å². The molecule has 0 atom stereocenters. The average Bonchev–Trinajstić information content (AvgIpc) is 3.50. The summed E-state index contributed by atoms with van der Waals surface area (Å²) in [4.78, 5) is 31.0. The fourth-order valence-corrected chi connectivity index (χ4v) is 4.61. The number of benzene rings is 2. The fourth-order valence-electron chi connectivity index (χ4n) is 4.43. The largest absolute Gasteiger partial charge is 0.454 e. The molecular formula is C23H16ClN3O4. The third-order valence-electron chi connectivity index (χ3n) is 5.83. The van der Waals surface area contributed by atoms with E-state index in [1.165, 1.54) is 0 Å². The van der Waals surface area contributed by atoms with E-state index in [-0.39, 0.29) is 18.1 Å². The van der Waals surface area contributed by atoms with Gasteiger partial charge in [-0.1, -0.05) is 17.7 Å². The van der Waals surface area contributed by atoms with Crippen LogP contribution >= 0.6 is 11.6 Å². The predicted octanol–water partition coefficient (Wildman–Crippen LogP) is 3.88. The van der Waals surface area contributed by atoms with Crippen molar-refractivity contribution in [2.45, 2.75) is 19.5 Å². The third kappa shape index (κ3) is 2.70. The van der Waals surface area contributed by atoms with E-state index in [4.69, 9.17) is 21.1 Å². The Morgan fingerprint density at radius 2 is 1.81 bits per heavy atom. The Labute approximate surface area is 181 Å². The standard InChI is InChI=1S/C23H16ClN3O4/c24-13-2-3-14-17(8-13)23(29)27(6-1-5-26-7-4-25-11-26)21-15-9-18-19(31-12-30-18)10-16(15)22(28)20(14)21/h2-4,7-11H,1,5-6,12H2. The van der Waals surface area contributed by atoms with Crippen molar-refractivity contribution in [2.75, 3.05) is 6.79 Å². The minimum Gasteiger partial charge on any atom is -0.454 e. The van der Waals surface area contributed by atoms with Crippen molar-refractivity contribution in [3.05, 3.63) is 75.6 Å². The van der Waals surface area contributed by atoms with Crippen LogP contribution in [0.5, 0.6) is 11.5 Å². The molecule has 4 aromatic rings. The second kappa shape index (κ2) is 6.72. The maximum Gasteiger partial charge on any atom is 0.258 e. The van der Waals surface area contributed by atoms with Gasteiger partial charge in [-0.2, -0.15) is 0 Å². The summed E-state index contributed by atoms with van der Waals surface area (Å²) >= 11 is 6.18. The number of hydrogen-bond donors (Lipinski definition) is 0. The first-order valence-electron chi connectivity index (χ1n) is 9.92. The van der Waals surface area contributed by atoms with Crippen LogP contribution in [0.2, 0.25) is 5.02 Å². The number of fused-ring (bicyclic) bond motifs is 6. The molecule has 2 aromatic carbocycles. The lowest BCUT2D eigenvalue weighted by Gasteiger charge is -2.15. The second-order valence-corrected chi connectivity index (χ2v) is 8.04. The number of ketones is 1. The number of halogens is 1. The molecule has 0 spiro atoms. The van der Waals surface area contributed by atoms with Gasteiger partial charge in [0.15, 0.2) is 17.3 Å². The summed E-state index contributed by atoms with van der Waals surface area (Å²) in [7, 11) is 0. The summed E-state index contributed by atoms with van der Waals surface area (Å²) in [5, 5.41) is 1.51. The first-order valence-corrected chi connectivity index (χ1v) is 10.3. The number of rotatable bonds is 4. The second-order valence-electron chi connectivity index (χ2n) is 7.60. The van der Waals surface area contributed by atoms with Gasteiger partial charge in [0, 0.05) is 52.4 Å². The van der Waals surface area contributed by atoms with E-state index < -0.39 is 0 Å². The molecule has 31 heavy (non-hydrogen) atoms. The van der Waals surface area contributed by atoms with E-state index in [2.05, 4.69) is 4.98 Å². The van der Waals surface area contributed by atoms with E-state index in [0.29, 0.717) is 69.2 Å². The Kier molecular flexibility index (Phi) is 3.94. The molecule has 0 saturated heterocycles. The van der Waals surface area contributed by atoms with E-state index in [0.717, 1.165) is 0 Å². The highest BCUT2D eigenvalue weighted by atomic mass is 35.5. The van der Waals surface area contributed by atoms with Crippen LogP contribution < -0.4 is 15.0 Å². The highest BCUT2D eigenvalue weighted by Gasteiger charge is 2.35. The zero-order valence-corrected chi connectivity index (χ0v) is 17.1. The Balaban J connectivity index is 1.57. The number of imidazole rings is 1. The molecule has 0 amide bonds. The van der Waals surface area contributed by atoms with E-state index in [9.17, 15) is 9.59 Å². The van der Waals surface area contributed by atoms with Gasteiger partial charge in [-0.15, -0.1) is 0 Å². The Hall–Kier alpha value is -3.58. The SMILES string of the molecule is O=C1c2cc3c(cc2-c2c1c1ccc(Cl)cc1c(=O)n2CCCn1ccnc1)OCO3. The zero-order valence-electron chi connectivity index (χ0n) is 16.3. The molecule has 0 bridgehead atoms. The van der Waals surface area contributed by atoms with Crippen molar-refractivity contribution in [3.63, 3.8) is 0 Å². The zero-order chi connectivity index (χ0) is 21.1. The number of aryl methyl sites for hydroxylation is 1. The normalized spacial score (nSPS) is 13.6. The molecule has 2 aliphatic rings. The monoisotopic (exact) mass is 433 g/mol. The lowest BCUT2D eigenvalue weighted by molar-refractivity contribution is 0.104. The van der Waals surface area contributed by atoms with Crippen molar-refractivity contribution < 1.29 is 14.3 Å². The number of nitrogens with zero attached hydrogens (tertiary/aromatic N) is 3. The molecule has 1 aliphatic carbocycles. The van der Waals surface area contributed by atoms with Gasteiger partial charge in [0.2, 0.25) is 6.79 Å². The number of hydrogen-bond acceptors (Lipinski definition) is 5. The van der Waals surface area contributed by atoms with Crippen molar-refractivity contribution >= 4 is 28.2 Å². The molecular weight excluding hydrogens is 418 g/mol. The molecule has 0 unspecified atom stereocenters. The van der Waals surface area contributed by atoms with E-state index >= 15 is 0 Å². The summed E-state index contributed by atoms with van der Waals surface area (Å²) < 4.78 is 14.6. The van der Waals surface area contributed by atoms with Gasteiger partial charge in [0.1, 0.15) is 0 Å². The highest BCUT2D eigenvalue weighted by Crippen LogP contribution is 2.45. The molecule has 6 rings (SSSR count). The average molecular weight is 434 g/mol. The summed E-state index contributed by atoms with van der Waals surface area (Å²) in [6.45, 7) is 1.27. The number of ether oxygens (including phenoxy) is 2. The van der Waals surface area contributed by atoms with Crippen molar-refractivity contribution in [1.29, 1.82) is 0 Å². The highest BCUT2D eigenvalue weighted by molar-refractivity contribution is 6.32. The van der Waals surface area contributed by atoms with Gasteiger partial charge in [0.25, 0.3) is 5.56 Å². The van der Waals surface area contributed by atoms with Crippen LogP contribution in [0.3, 0.4) is 0 Å². The van der Waals surface area contributed by atoms with Gasteiger partial charge in [0.05, 0.1) is 17.6 Å². The van der Waals surface area contributed by atoms with E-state index in [1.807, 2.05) is 10.8 Å². The van der Waals surface area contributed by atoms with E-state index in [1.54, 1.807) is 47.4 Å². The first-order chi connectivity index (χ1) is 15.1. The van der Waals surface area contributed by atoms with Crippen LogP contribution in [0.25, 0.3) is 22.0 Å². The maximum atomic E-state index is 13.5. The molecule has 0 saturated carbocycles. The minimum absolute atomic E-state index is 0.118. The lowest BCUT2D eigenvalue weighted by Crippen LogP contribution is -2.24. The van der Waals surface area contributed by atoms with Crippen LogP contribution in [0.15, 0.2) is 53.8 Å². The molecule has 0 N–H and O–H groups in total. The van der Waals surface area contributed by atoms with Crippen molar-refractivity contribution in [2.24, 2.45) is 0 Å². The van der Waals surface area contributed by atoms with Gasteiger partial charge >= 0.3 is 0 Å².